The lowest BCUT2D eigenvalue weighted by molar-refractivity contribution is -0.134. The van der Waals surface area contributed by atoms with Gasteiger partial charge in [-0.3, -0.25) is 4.79 Å². The minimum absolute atomic E-state index is 0.0844. The maximum Gasteiger partial charge on any atom is 0.243 e. The normalized spacial score (nSPS) is 20.8. The Morgan fingerprint density at radius 2 is 1.72 bits per heavy atom. The second-order valence-electron chi connectivity index (χ2n) is 7.59. The molecule has 0 bridgehead atoms. The van der Waals surface area contributed by atoms with Gasteiger partial charge in [-0.25, -0.2) is 13.4 Å². The van der Waals surface area contributed by atoms with Crippen LogP contribution in [0.5, 0.6) is 0 Å². The van der Waals surface area contributed by atoms with Crippen LogP contribution in [0, 0.1) is 6.92 Å². The van der Waals surface area contributed by atoms with Gasteiger partial charge in [-0.2, -0.15) is 4.31 Å². The third-order valence-electron chi connectivity index (χ3n) is 5.68. The maximum absolute atomic E-state index is 13.2. The molecule has 1 amide bonds. The Balaban J connectivity index is 1.45. The molecule has 29 heavy (non-hydrogen) atoms. The van der Waals surface area contributed by atoms with Crippen molar-refractivity contribution in [3.63, 3.8) is 0 Å². The van der Waals surface area contributed by atoms with E-state index in [1.165, 1.54) is 4.31 Å². The van der Waals surface area contributed by atoms with Crippen LogP contribution in [0.2, 0.25) is 0 Å². The predicted octanol–water partition coefficient (Wildman–Crippen LogP) is 1.89. The van der Waals surface area contributed by atoms with E-state index in [0.29, 0.717) is 45.6 Å². The largest absolute Gasteiger partial charge is 0.353 e. The summed E-state index contributed by atoms with van der Waals surface area (Å²) in [5.74, 6) is 0.822. The number of hydrogen-bond donors (Lipinski definition) is 0. The number of aryl methyl sites for hydroxylation is 1. The van der Waals surface area contributed by atoms with E-state index in [9.17, 15) is 13.2 Å². The number of sulfonamides is 1. The molecule has 8 heteroatoms. The fraction of sp³-hybridized carbons (Fsp3) is 0.429. The Morgan fingerprint density at radius 1 is 1.00 bits per heavy atom. The fourth-order valence-electron chi connectivity index (χ4n) is 4.03. The van der Waals surface area contributed by atoms with Crippen LogP contribution >= 0.6 is 0 Å². The zero-order chi connectivity index (χ0) is 20.4. The number of carbonyl (C=O) groups excluding carboxylic acids is 1. The van der Waals surface area contributed by atoms with Crippen molar-refractivity contribution in [1.82, 2.24) is 14.2 Å². The number of anilines is 1. The summed E-state index contributed by atoms with van der Waals surface area (Å²) < 4.78 is 27.6. The quantitative estimate of drug-likeness (QED) is 0.764. The fourth-order valence-corrected chi connectivity index (χ4v) is 5.68. The average Bonchev–Trinajstić information content (AvgIpc) is 3.25. The van der Waals surface area contributed by atoms with E-state index in [1.807, 2.05) is 25.1 Å². The van der Waals surface area contributed by atoms with Gasteiger partial charge in [0.15, 0.2) is 0 Å². The third kappa shape index (κ3) is 4.00. The molecule has 2 fully saturated rings. The second-order valence-corrected chi connectivity index (χ2v) is 9.48. The molecule has 1 atom stereocenters. The SMILES string of the molecule is Cc1ccc(S(=O)(=O)N2CCC[C@@H]2C(=O)N2CCN(c3ccccn3)CC2)cc1. The Hall–Kier alpha value is -2.45. The number of pyridine rings is 1. The van der Waals surface area contributed by atoms with Crippen LogP contribution in [0.15, 0.2) is 53.6 Å². The van der Waals surface area contributed by atoms with E-state index < -0.39 is 16.1 Å². The molecule has 2 saturated heterocycles. The predicted molar refractivity (Wildman–Crippen MR) is 111 cm³/mol. The first-order valence-corrected chi connectivity index (χ1v) is 11.4. The van der Waals surface area contributed by atoms with Crippen molar-refractivity contribution in [2.24, 2.45) is 0 Å². The molecule has 1 aromatic heterocycles. The Bertz CT molecular complexity index is 955. The van der Waals surface area contributed by atoms with Gasteiger partial charge in [0, 0.05) is 38.9 Å². The van der Waals surface area contributed by atoms with Crippen molar-refractivity contribution in [2.45, 2.75) is 30.7 Å². The van der Waals surface area contributed by atoms with Crippen LogP contribution in [0.3, 0.4) is 0 Å². The van der Waals surface area contributed by atoms with Crippen LogP contribution in [-0.2, 0) is 14.8 Å². The molecule has 154 valence electrons. The van der Waals surface area contributed by atoms with Crippen LogP contribution in [0.1, 0.15) is 18.4 Å². The first kappa shape index (κ1) is 19.8. The summed E-state index contributed by atoms with van der Waals surface area (Å²) in [4.78, 5) is 21.7. The Morgan fingerprint density at radius 3 is 2.38 bits per heavy atom. The number of benzene rings is 1. The lowest BCUT2D eigenvalue weighted by Crippen LogP contribution is -2.54. The van der Waals surface area contributed by atoms with Gasteiger partial charge in [0.1, 0.15) is 11.9 Å². The van der Waals surface area contributed by atoms with Gasteiger partial charge in [-0.15, -0.1) is 0 Å². The van der Waals surface area contributed by atoms with Crippen molar-refractivity contribution in [1.29, 1.82) is 0 Å². The van der Waals surface area contributed by atoms with E-state index in [-0.39, 0.29) is 10.8 Å². The molecular formula is C21H26N4O3S. The second kappa shape index (κ2) is 8.12. The lowest BCUT2D eigenvalue weighted by atomic mass is 10.2. The summed E-state index contributed by atoms with van der Waals surface area (Å²) >= 11 is 0. The van der Waals surface area contributed by atoms with Gasteiger partial charge in [0.2, 0.25) is 15.9 Å². The smallest absolute Gasteiger partial charge is 0.243 e. The first-order valence-electron chi connectivity index (χ1n) is 10.00. The third-order valence-corrected chi connectivity index (χ3v) is 7.60. The number of carbonyl (C=O) groups is 1. The minimum Gasteiger partial charge on any atom is -0.353 e. The molecule has 1 aromatic carbocycles. The highest BCUT2D eigenvalue weighted by molar-refractivity contribution is 7.89. The van der Waals surface area contributed by atoms with Gasteiger partial charge in [-0.05, 0) is 44.0 Å². The van der Waals surface area contributed by atoms with E-state index in [2.05, 4.69) is 9.88 Å². The van der Waals surface area contributed by atoms with Gasteiger partial charge in [-0.1, -0.05) is 23.8 Å². The number of amides is 1. The monoisotopic (exact) mass is 414 g/mol. The van der Waals surface area contributed by atoms with E-state index in [0.717, 1.165) is 11.4 Å². The van der Waals surface area contributed by atoms with E-state index in [1.54, 1.807) is 35.4 Å². The molecule has 0 unspecified atom stereocenters. The number of aromatic nitrogens is 1. The molecule has 0 radical (unpaired) electrons. The van der Waals surface area contributed by atoms with Gasteiger partial charge >= 0.3 is 0 Å². The molecule has 3 heterocycles. The molecule has 0 N–H and O–H groups in total. The standard InChI is InChI=1S/C21H26N4O3S/c1-17-7-9-18(10-8-17)29(27,28)25-12-4-5-19(25)21(26)24-15-13-23(14-16-24)20-6-2-3-11-22-20/h2-3,6-11,19H,4-5,12-16H2,1H3/t19-/m1/s1. The summed E-state index contributed by atoms with van der Waals surface area (Å²) in [6.07, 6.45) is 3.04. The highest BCUT2D eigenvalue weighted by atomic mass is 32.2. The van der Waals surface area contributed by atoms with E-state index in [4.69, 9.17) is 0 Å². The van der Waals surface area contributed by atoms with Crippen molar-refractivity contribution >= 4 is 21.7 Å². The van der Waals surface area contributed by atoms with Crippen molar-refractivity contribution in [3.8, 4) is 0 Å². The molecule has 0 aliphatic carbocycles. The van der Waals surface area contributed by atoms with Gasteiger partial charge < -0.3 is 9.80 Å². The first-order chi connectivity index (χ1) is 14.0. The molecule has 2 aliphatic rings. The molecule has 2 aliphatic heterocycles. The van der Waals surface area contributed by atoms with Gasteiger partial charge in [0.25, 0.3) is 0 Å². The van der Waals surface area contributed by atoms with Crippen LogP contribution in [0.4, 0.5) is 5.82 Å². The number of nitrogens with zero attached hydrogens (tertiary/aromatic N) is 4. The minimum atomic E-state index is -3.68. The molecule has 7 nitrogen and oxygen atoms in total. The summed E-state index contributed by atoms with van der Waals surface area (Å²) in [5.41, 5.74) is 1.00. The summed E-state index contributed by atoms with van der Waals surface area (Å²) in [6.45, 7) is 4.85. The Labute approximate surface area is 172 Å². The Kier molecular flexibility index (Phi) is 5.56. The molecule has 0 saturated carbocycles. The van der Waals surface area contributed by atoms with Crippen LogP contribution in [-0.4, -0.2) is 67.3 Å². The van der Waals surface area contributed by atoms with Crippen molar-refractivity contribution in [2.75, 3.05) is 37.6 Å². The lowest BCUT2D eigenvalue weighted by Gasteiger charge is -2.37. The summed E-state index contributed by atoms with van der Waals surface area (Å²) in [5, 5.41) is 0. The topological polar surface area (TPSA) is 73.8 Å². The van der Waals surface area contributed by atoms with Crippen molar-refractivity contribution in [3.05, 3.63) is 54.2 Å². The summed E-state index contributed by atoms with van der Waals surface area (Å²) in [6, 6.07) is 12.0. The number of hydrogen-bond acceptors (Lipinski definition) is 5. The van der Waals surface area contributed by atoms with Crippen molar-refractivity contribution < 1.29 is 13.2 Å². The molecule has 2 aromatic rings. The average molecular weight is 415 g/mol. The van der Waals surface area contributed by atoms with E-state index >= 15 is 0 Å². The molecule has 0 spiro atoms. The zero-order valence-electron chi connectivity index (χ0n) is 16.6. The summed E-state index contributed by atoms with van der Waals surface area (Å²) in [7, 11) is -3.68. The number of piperazine rings is 1. The zero-order valence-corrected chi connectivity index (χ0v) is 17.4. The van der Waals surface area contributed by atoms with Crippen LogP contribution < -0.4 is 4.90 Å². The number of rotatable bonds is 4. The highest BCUT2D eigenvalue weighted by Gasteiger charge is 2.41. The molecular weight excluding hydrogens is 388 g/mol. The highest BCUT2D eigenvalue weighted by Crippen LogP contribution is 2.28. The van der Waals surface area contributed by atoms with Gasteiger partial charge in [0.05, 0.1) is 4.90 Å². The van der Waals surface area contributed by atoms with Crippen LogP contribution in [0.25, 0.3) is 0 Å². The maximum atomic E-state index is 13.2. The molecule has 4 rings (SSSR count).